The molecule has 3 heterocycles. The summed E-state index contributed by atoms with van der Waals surface area (Å²) in [6, 6.07) is 7.90. The van der Waals surface area contributed by atoms with Crippen molar-refractivity contribution >= 4 is 30.7 Å². The first-order chi connectivity index (χ1) is 15.9. The van der Waals surface area contributed by atoms with Gasteiger partial charge in [-0.1, -0.05) is 30.3 Å². The quantitative estimate of drug-likeness (QED) is 0.334. The largest absolute Gasteiger partial charge is 0.766 e. The van der Waals surface area contributed by atoms with Gasteiger partial charge in [-0.05, 0) is 24.8 Å². The van der Waals surface area contributed by atoms with Gasteiger partial charge in [-0.3, -0.25) is 13.9 Å². The summed E-state index contributed by atoms with van der Waals surface area (Å²) < 4.78 is 30.1. The smallest absolute Gasteiger partial charge is 0.323 e. The van der Waals surface area contributed by atoms with E-state index in [0.29, 0.717) is 24.0 Å². The SMILES string of the molecule is COC(=O)[C@H](Cc1ccccc1)NP(=O)([O-])OC[C@@H]1CC[C@H](n2cnc3c(N)ncnc32)O1. The van der Waals surface area contributed by atoms with Crippen LogP contribution >= 0.6 is 7.75 Å². The molecule has 0 saturated carbocycles. The second kappa shape index (κ2) is 9.94. The minimum absolute atomic E-state index is 0.129. The molecule has 4 rings (SSSR count). The average molecular weight is 475 g/mol. The molecule has 1 saturated heterocycles. The second-order valence-corrected chi connectivity index (χ2v) is 9.07. The maximum atomic E-state index is 12.5. The molecule has 33 heavy (non-hydrogen) atoms. The van der Waals surface area contributed by atoms with Gasteiger partial charge in [0.15, 0.2) is 11.5 Å². The van der Waals surface area contributed by atoms with Crippen LogP contribution in [0.1, 0.15) is 24.6 Å². The Labute approximate surface area is 189 Å². The predicted octanol–water partition coefficient (Wildman–Crippen LogP) is 0.945. The lowest BCUT2D eigenvalue weighted by molar-refractivity contribution is -0.206. The molecule has 1 aliphatic heterocycles. The average Bonchev–Trinajstić information content (AvgIpc) is 3.45. The zero-order valence-electron chi connectivity index (χ0n) is 17.9. The summed E-state index contributed by atoms with van der Waals surface area (Å²) >= 11 is 0. The molecule has 0 aliphatic carbocycles. The fraction of sp³-hybridized carbons (Fsp3) is 0.400. The predicted molar refractivity (Wildman–Crippen MR) is 116 cm³/mol. The van der Waals surface area contributed by atoms with Crippen molar-refractivity contribution in [2.24, 2.45) is 0 Å². The highest BCUT2D eigenvalue weighted by Gasteiger charge is 2.30. The first kappa shape index (κ1) is 23.3. The molecule has 176 valence electrons. The molecular weight excluding hydrogens is 451 g/mol. The van der Waals surface area contributed by atoms with Gasteiger partial charge in [0.1, 0.15) is 24.1 Å². The summed E-state index contributed by atoms with van der Waals surface area (Å²) in [5.74, 6) is -0.436. The number of hydrogen-bond acceptors (Lipinski definition) is 10. The van der Waals surface area contributed by atoms with Gasteiger partial charge in [0.25, 0.3) is 0 Å². The molecule has 3 aromatic rings. The summed E-state index contributed by atoms with van der Waals surface area (Å²) in [7, 11) is -3.37. The summed E-state index contributed by atoms with van der Waals surface area (Å²) in [6.07, 6.45) is 3.35. The van der Waals surface area contributed by atoms with Gasteiger partial charge in [-0.15, -0.1) is 0 Å². The van der Waals surface area contributed by atoms with E-state index in [1.165, 1.54) is 13.4 Å². The van der Waals surface area contributed by atoms with Gasteiger partial charge in [-0.2, -0.15) is 0 Å². The van der Waals surface area contributed by atoms with E-state index >= 15 is 0 Å². The standard InChI is InChI=1S/C20H25N6O6P/c1-30-20(27)15(9-13-5-3-2-4-6-13)25-33(28,29)31-10-14-7-8-16(32-14)26-12-24-17-18(21)22-11-23-19(17)26/h2-6,11-12,14-16H,7-10H2,1H3,(H2,21,22,23)(H2,25,28,29)/p-1/t14-,15-,16+/m0/s1. The Balaban J connectivity index is 1.35. The fourth-order valence-corrected chi connectivity index (χ4v) is 4.69. The highest BCUT2D eigenvalue weighted by Crippen LogP contribution is 2.37. The van der Waals surface area contributed by atoms with Crippen molar-refractivity contribution < 1.29 is 28.3 Å². The first-order valence-electron chi connectivity index (χ1n) is 10.3. The van der Waals surface area contributed by atoms with Crippen LogP contribution in [0.4, 0.5) is 5.82 Å². The van der Waals surface area contributed by atoms with Gasteiger partial charge in [0.05, 0.1) is 26.1 Å². The van der Waals surface area contributed by atoms with E-state index in [9.17, 15) is 14.3 Å². The van der Waals surface area contributed by atoms with Crippen molar-refractivity contribution in [3.8, 4) is 0 Å². The summed E-state index contributed by atoms with van der Waals surface area (Å²) in [6.45, 7) is -0.201. The third kappa shape index (κ3) is 5.55. The Kier molecular flexibility index (Phi) is 7.01. The van der Waals surface area contributed by atoms with Gasteiger partial charge in [0, 0.05) is 0 Å². The van der Waals surface area contributed by atoms with Gasteiger partial charge in [0.2, 0.25) is 7.75 Å². The van der Waals surface area contributed by atoms with Crippen LogP contribution in [0.2, 0.25) is 0 Å². The van der Waals surface area contributed by atoms with Crippen molar-refractivity contribution in [2.45, 2.75) is 37.6 Å². The molecule has 1 fully saturated rings. The maximum absolute atomic E-state index is 12.5. The molecule has 0 spiro atoms. The Morgan fingerprint density at radius 2 is 2.12 bits per heavy atom. The van der Waals surface area contributed by atoms with Gasteiger partial charge < -0.3 is 24.6 Å². The highest BCUT2D eigenvalue weighted by atomic mass is 31.2. The van der Waals surface area contributed by atoms with Crippen LogP contribution in [-0.2, 0) is 29.8 Å². The number of carbonyl (C=O) groups is 1. The van der Waals surface area contributed by atoms with E-state index in [4.69, 9.17) is 19.7 Å². The van der Waals surface area contributed by atoms with E-state index in [1.54, 1.807) is 35.2 Å². The van der Waals surface area contributed by atoms with E-state index in [-0.39, 0.29) is 18.8 Å². The monoisotopic (exact) mass is 475 g/mol. The van der Waals surface area contributed by atoms with Crippen molar-refractivity contribution in [3.63, 3.8) is 0 Å². The topological polar surface area (TPSA) is 167 Å². The van der Waals surface area contributed by atoms with E-state index in [0.717, 1.165) is 5.56 Å². The third-order valence-corrected chi connectivity index (χ3v) is 6.41. The number of hydrogen-bond donors (Lipinski definition) is 2. The number of methoxy groups -OCH3 is 1. The number of rotatable bonds is 9. The number of fused-ring (bicyclic) bond motifs is 1. The number of anilines is 1. The first-order valence-corrected chi connectivity index (χ1v) is 11.8. The summed E-state index contributed by atoms with van der Waals surface area (Å²) in [4.78, 5) is 37.0. The van der Waals surface area contributed by atoms with Crippen molar-refractivity contribution in [1.29, 1.82) is 0 Å². The molecule has 3 N–H and O–H groups in total. The van der Waals surface area contributed by atoms with Crippen LogP contribution in [0.15, 0.2) is 43.0 Å². The number of carbonyl (C=O) groups excluding carboxylic acids is 1. The number of esters is 1. The number of aromatic nitrogens is 4. The third-order valence-electron chi connectivity index (χ3n) is 5.30. The minimum atomic E-state index is -4.57. The highest BCUT2D eigenvalue weighted by molar-refractivity contribution is 7.49. The Bertz CT molecular complexity index is 1160. The van der Waals surface area contributed by atoms with Crippen molar-refractivity contribution in [3.05, 3.63) is 48.5 Å². The maximum Gasteiger partial charge on any atom is 0.323 e. The number of nitrogens with zero attached hydrogens (tertiary/aromatic N) is 4. The van der Waals surface area contributed by atoms with E-state index < -0.39 is 32.1 Å². The summed E-state index contributed by atoms with van der Waals surface area (Å²) in [5, 5.41) is 2.29. The second-order valence-electron chi connectivity index (χ2n) is 7.56. The van der Waals surface area contributed by atoms with Crippen LogP contribution in [0.25, 0.3) is 11.2 Å². The fourth-order valence-electron chi connectivity index (χ4n) is 3.68. The Hall–Kier alpha value is -2.89. The normalized spacial score (nSPS) is 21.0. The number of imidazole rings is 1. The molecule has 0 radical (unpaired) electrons. The van der Waals surface area contributed by atoms with Crippen LogP contribution < -0.4 is 15.7 Å². The molecule has 0 amide bonds. The molecular formula is C20H24N6O6P-. The van der Waals surface area contributed by atoms with E-state index in [2.05, 4.69) is 20.0 Å². The van der Waals surface area contributed by atoms with Gasteiger partial charge >= 0.3 is 5.97 Å². The minimum Gasteiger partial charge on any atom is -0.766 e. The molecule has 4 atom stereocenters. The van der Waals surface area contributed by atoms with Gasteiger partial charge in [-0.25, -0.2) is 20.0 Å². The van der Waals surface area contributed by atoms with Crippen LogP contribution in [0.5, 0.6) is 0 Å². The van der Waals surface area contributed by atoms with Crippen LogP contribution in [-0.4, -0.2) is 51.4 Å². The van der Waals surface area contributed by atoms with E-state index in [1.807, 2.05) is 6.07 Å². The number of nitrogens with one attached hydrogen (secondary N) is 1. The lowest BCUT2D eigenvalue weighted by Crippen LogP contribution is -2.40. The molecule has 1 aromatic carbocycles. The molecule has 1 unspecified atom stereocenters. The zero-order valence-corrected chi connectivity index (χ0v) is 18.8. The number of benzene rings is 1. The van der Waals surface area contributed by atoms with Crippen LogP contribution in [0, 0.1) is 0 Å². The molecule has 12 nitrogen and oxygen atoms in total. The Morgan fingerprint density at radius 1 is 1.33 bits per heavy atom. The molecule has 2 aromatic heterocycles. The zero-order chi connectivity index (χ0) is 23.4. The Morgan fingerprint density at radius 3 is 2.88 bits per heavy atom. The van der Waals surface area contributed by atoms with Crippen molar-refractivity contribution in [1.82, 2.24) is 24.6 Å². The number of ether oxygens (including phenoxy) is 2. The summed E-state index contributed by atoms with van der Waals surface area (Å²) in [5.41, 5.74) is 7.60. The molecule has 1 aliphatic rings. The number of nitrogen functional groups attached to an aromatic ring is 1. The lowest BCUT2D eigenvalue weighted by atomic mass is 10.1. The molecule has 13 heteroatoms. The van der Waals surface area contributed by atoms with Crippen molar-refractivity contribution in [2.75, 3.05) is 19.5 Å². The number of nitrogens with two attached hydrogens (primary N) is 1. The lowest BCUT2D eigenvalue weighted by Gasteiger charge is -2.29. The van der Waals surface area contributed by atoms with Crippen LogP contribution in [0.3, 0.4) is 0 Å². The molecule has 0 bridgehead atoms.